The second-order valence-corrected chi connectivity index (χ2v) is 7.55. The SMILES string of the molecule is COc1ccccc1NC(=O)Nc1nc(C)c(C(=O)N2CCc3ccccc32)s1. The first-order valence-corrected chi connectivity index (χ1v) is 9.96. The van der Waals surface area contributed by atoms with E-state index in [4.69, 9.17) is 4.74 Å². The van der Waals surface area contributed by atoms with Crippen LogP contribution >= 0.6 is 11.3 Å². The smallest absolute Gasteiger partial charge is 0.325 e. The highest BCUT2D eigenvalue weighted by Crippen LogP contribution is 2.32. The lowest BCUT2D eigenvalue weighted by Crippen LogP contribution is -2.28. The lowest BCUT2D eigenvalue weighted by Gasteiger charge is -2.16. The first kappa shape index (κ1) is 18.9. The minimum atomic E-state index is -0.450. The highest BCUT2D eigenvalue weighted by molar-refractivity contribution is 7.17. The number of rotatable bonds is 4. The van der Waals surface area contributed by atoms with E-state index in [1.165, 1.54) is 18.4 Å². The van der Waals surface area contributed by atoms with Gasteiger partial charge < -0.3 is 15.0 Å². The summed E-state index contributed by atoms with van der Waals surface area (Å²) in [7, 11) is 1.54. The second-order valence-electron chi connectivity index (χ2n) is 6.55. The summed E-state index contributed by atoms with van der Waals surface area (Å²) >= 11 is 1.17. The summed E-state index contributed by atoms with van der Waals surface area (Å²) < 4.78 is 5.23. The van der Waals surface area contributed by atoms with E-state index in [9.17, 15) is 9.59 Å². The Hall–Kier alpha value is -3.39. The number of para-hydroxylation sites is 3. The van der Waals surface area contributed by atoms with Gasteiger partial charge in [-0.2, -0.15) is 0 Å². The van der Waals surface area contributed by atoms with Crippen LogP contribution in [0.4, 0.5) is 21.3 Å². The molecule has 7 nitrogen and oxygen atoms in total. The zero-order valence-electron chi connectivity index (χ0n) is 16.1. The normalized spacial score (nSPS) is 12.4. The maximum atomic E-state index is 13.1. The van der Waals surface area contributed by atoms with Crippen LogP contribution in [0.5, 0.6) is 5.75 Å². The largest absolute Gasteiger partial charge is 0.495 e. The van der Waals surface area contributed by atoms with Gasteiger partial charge in [0.25, 0.3) is 5.91 Å². The van der Waals surface area contributed by atoms with Gasteiger partial charge in [0.1, 0.15) is 10.6 Å². The Labute approximate surface area is 172 Å². The fourth-order valence-electron chi connectivity index (χ4n) is 3.32. The molecule has 3 aromatic rings. The standard InChI is InChI=1S/C21H20N4O3S/c1-13-18(19(26)25-12-11-14-7-3-5-9-16(14)25)29-21(22-13)24-20(27)23-15-8-4-6-10-17(15)28-2/h3-10H,11-12H2,1-2H3,(H2,22,23,24,27). The van der Waals surface area contributed by atoms with Crippen molar-refractivity contribution in [2.75, 3.05) is 29.2 Å². The predicted octanol–water partition coefficient (Wildman–Crippen LogP) is 4.31. The number of nitrogens with one attached hydrogen (secondary N) is 2. The van der Waals surface area contributed by atoms with E-state index in [0.717, 1.165) is 17.7 Å². The number of hydrogen-bond acceptors (Lipinski definition) is 5. The third-order valence-electron chi connectivity index (χ3n) is 4.70. The molecular weight excluding hydrogens is 388 g/mol. The highest BCUT2D eigenvalue weighted by atomic mass is 32.1. The molecule has 0 saturated carbocycles. The number of fused-ring (bicyclic) bond motifs is 1. The van der Waals surface area contributed by atoms with E-state index in [-0.39, 0.29) is 5.91 Å². The molecule has 0 spiro atoms. The van der Waals surface area contributed by atoms with Gasteiger partial charge in [-0.05, 0) is 37.1 Å². The number of methoxy groups -OCH3 is 1. The van der Waals surface area contributed by atoms with Gasteiger partial charge in [-0.3, -0.25) is 10.1 Å². The van der Waals surface area contributed by atoms with Crippen LogP contribution in [0.2, 0.25) is 0 Å². The number of benzene rings is 2. The summed E-state index contributed by atoms with van der Waals surface area (Å²) in [5.41, 5.74) is 3.24. The van der Waals surface area contributed by atoms with Gasteiger partial charge in [0, 0.05) is 12.2 Å². The molecule has 1 aromatic heterocycles. The van der Waals surface area contributed by atoms with Gasteiger partial charge in [-0.1, -0.05) is 41.7 Å². The first-order chi connectivity index (χ1) is 14.1. The second kappa shape index (κ2) is 7.92. The zero-order valence-corrected chi connectivity index (χ0v) is 16.9. The molecule has 0 bridgehead atoms. The number of aromatic nitrogens is 1. The van der Waals surface area contributed by atoms with E-state index in [2.05, 4.69) is 15.6 Å². The van der Waals surface area contributed by atoms with Gasteiger partial charge in [-0.25, -0.2) is 9.78 Å². The number of aryl methyl sites for hydroxylation is 1. The van der Waals surface area contributed by atoms with Crippen LogP contribution in [0, 0.1) is 6.92 Å². The Morgan fingerprint density at radius 1 is 1.10 bits per heavy atom. The molecule has 4 rings (SSSR count). The van der Waals surface area contributed by atoms with Crippen molar-refractivity contribution in [2.45, 2.75) is 13.3 Å². The van der Waals surface area contributed by atoms with Crippen molar-refractivity contribution in [1.29, 1.82) is 0 Å². The number of hydrogen-bond donors (Lipinski definition) is 2. The number of urea groups is 1. The average molecular weight is 408 g/mol. The lowest BCUT2D eigenvalue weighted by atomic mass is 10.2. The molecule has 1 aliphatic rings. The molecule has 2 N–H and O–H groups in total. The van der Waals surface area contributed by atoms with E-state index >= 15 is 0 Å². The topological polar surface area (TPSA) is 83.6 Å². The van der Waals surface area contributed by atoms with Gasteiger partial charge in [-0.15, -0.1) is 0 Å². The van der Waals surface area contributed by atoms with Crippen molar-refractivity contribution in [1.82, 2.24) is 4.98 Å². The van der Waals surface area contributed by atoms with Crippen molar-refractivity contribution >= 4 is 39.8 Å². The maximum Gasteiger partial charge on any atom is 0.325 e. The Morgan fingerprint density at radius 2 is 1.86 bits per heavy atom. The summed E-state index contributed by atoms with van der Waals surface area (Å²) in [6, 6.07) is 14.6. The van der Waals surface area contributed by atoms with Gasteiger partial charge in [0.15, 0.2) is 5.13 Å². The summed E-state index contributed by atoms with van der Waals surface area (Å²) in [6.45, 7) is 2.42. The number of nitrogens with zero attached hydrogens (tertiary/aromatic N) is 2. The predicted molar refractivity (Wildman–Crippen MR) is 114 cm³/mol. The van der Waals surface area contributed by atoms with Crippen LogP contribution in [0.15, 0.2) is 48.5 Å². The number of carbonyl (C=O) groups is 2. The third-order valence-corrected chi connectivity index (χ3v) is 5.76. The molecule has 1 aliphatic heterocycles. The fourth-order valence-corrected chi connectivity index (χ4v) is 4.23. The number of anilines is 3. The van der Waals surface area contributed by atoms with E-state index in [0.29, 0.717) is 33.7 Å². The number of amides is 3. The van der Waals surface area contributed by atoms with Crippen LogP contribution in [0.1, 0.15) is 20.9 Å². The van der Waals surface area contributed by atoms with E-state index < -0.39 is 6.03 Å². The molecule has 0 unspecified atom stereocenters. The molecule has 29 heavy (non-hydrogen) atoms. The minimum absolute atomic E-state index is 0.0943. The van der Waals surface area contributed by atoms with E-state index in [1.807, 2.05) is 30.3 Å². The quantitative estimate of drug-likeness (QED) is 0.674. The van der Waals surface area contributed by atoms with Crippen LogP contribution in [0.3, 0.4) is 0 Å². The van der Waals surface area contributed by atoms with Crippen molar-refractivity contribution < 1.29 is 14.3 Å². The molecule has 0 saturated heterocycles. The summed E-state index contributed by atoms with van der Waals surface area (Å²) in [5.74, 6) is 0.463. The molecule has 0 aliphatic carbocycles. The number of ether oxygens (including phenoxy) is 1. The minimum Gasteiger partial charge on any atom is -0.495 e. The molecule has 0 radical (unpaired) electrons. The molecule has 3 amide bonds. The van der Waals surface area contributed by atoms with Crippen molar-refractivity contribution in [3.63, 3.8) is 0 Å². The van der Waals surface area contributed by atoms with Crippen molar-refractivity contribution in [3.8, 4) is 5.75 Å². The van der Waals surface area contributed by atoms with Crippen LogP contribution in [-0.2, 0) is 6.42 Å². The van der Waals surface area contributed by atoms with E-state index in [1.54, 1.807) is 30.0 Å². The fraction of sp³-hybridized carbons (Fsp3) is 0.190. The Kier molecular flexibility index (Phi) is 5.18. The Bertz CT molecular complexity index is 1080. The van der Waals surface area contributed by atoms with Gasteiger partial charge in [0.2, 0.25) is 0 Å². The van der Waals surface area contributed by atoms with Crippen molar-refractivity contribution in [3.05, 3.63) is 64.7 Å². The van der Waals surface area contributed by atoms with Crippen LogP contribution in [-0.4, -0.2) is 30.6 Å². The monoisotopic (exact) mass is 408 g/mol. The molecular formula is C21H20N4O3S. The third kappa shape index (κ3) is 3.79. The van der Waals surface area contributed by atoms with Crippen molar-refractivity contribution in [2.24, 2.45) is 0 Å². The first-order valence-electron chi connectivity index (χ1n) is 9.15. The number of thiazole rings is 1. The molecule has 148 valence electrons. The zero-order chi connectivity index (χ0) is 20.4. The molecule has 2 heterocycles. The Balaban J connectivity index is 1.48. The van der Waals surface area contributed by atoms with Gasteiger partial charge in [0.05, 0.1) is 18.5 Å². The maximum absolute atomic E-state index is 13.1. The number of carbonyl (C=O) groups excluding carboxylic acids is 2. The van der Waals surface area contributed by atoms with Crippen LogP contribution < -0.4 is 20.3 Å². The molecule has 8 heteroatoms. The Morgan fingerprint density at radius 3 is 2.69 bits per heavy atom. The average Bonchev–Trinajstić information content (AvgIpc) is 3.31. The van der Waals surface area contributed by atoms with Crippen LogP contribution in [0.25, 0.3) is 0 Å². The molecule has 0 fully saturated rings. The lowest BCUT2D eigenvalue weighted by molar-refractivity contribution is 0.0992. The van der Waals surface area contributed by atoms with Gasteiger partial charge >= 0.3 is 6.03 Å². The summed E-state index contributed by atoms with van der Waals surface area (Å²) in [4.78, 5) is 32.1. The molecule has 0 atom stereocenters. The summed E-state index contributed by atoms with van der Waals surface area (Å²) in [5, 5.41) is 5.80. The molecule has 2 aromatic carbocycles. The summed E-state index contributed by atoms with van der Waals surface area (Å²) in [6.07, 6.45) is 0.839. The highest BCUT2D eigenvalue weighted by Gasteiger charge is 2.28.